The molecule has 2 fully saturated rings. The molecule has 182 valence electrons. The third-order valence-corrected chi connectivity index (χ3v) is 7.66. The number of likely N-dealkylation sites (tertiary alicyclic amines) is 2. The highest BCUT2D eigenvalue weighted by Crippen LogP contribution is 2.39. The lowest BCUT2D eigenvalue weighted by Crippen LogP contribution is -2.58. The molecule has 2 atom stereocenters. The summed E-state index contributed by atoms with van der Waals surface area (Å²) < 4.78 is 0. The number of benzene rings is 2. The summed E-state index contributed by atoms with van der Waals surface area (Å²) in [6, 6.07) is 16.8. The lowest BCUT2D eigenvalue weighted by molar-refractivity contribution is -0.128. The Balaban J connectivity index is 1.42. The van der Waals surface area contributed by atoms with E-state index >= 15 is 0 Å². The van der Waals surface area contributed by atoms with Gasteiger partial charge in [0.05, 0.1) is 6.17 Å². The zero-order valence-electron chi connectivity index (χ0n) is 20.4. The largest absolute Gasteiger partial charge is 0.356 e. The van der Waals surface area contributed by atoms with Gasteiger partial charge in [-0.15, -0.1) is 0 Å². The maximum Gasteiger partial charge on any atom is 0.316 e. The van der Waals surface area contributed by atoms with Crippen LogP contribution in [-0.4, -0.2) is 54.1 Å². The molecule has 2 unspecified atom stereocenters. The molecular weight excluding hydrogens is 436 g/mol. The summed E-state index contributed by atoms with van der Waals surface area (Å²) in [6.07, 6.45) is 7.44. The summed E-state index contributed by atoms with van der Waals surface area (Å²) in [5.74, 6) is 0.00240. The first kappa shape index (κ1) is 23.4. The lowest BCUT2D eigenvalue weighted by Gasteiger charge is -2.45. The minimum atomic E-state index is -0.397. The minimum absolute atomic E-state index is 0.0815. The highest BCUT2D eigenvalue weighted by molar-refractivity contribution is 5.95. The van der Waals surface area contributed by atoms with Crippen molar-refractivity contribution in [3.63, 3.8) is 0 Å². The Morgan fingerprint density at radius 2 is 1.54 bits per heavy atom. The van der Waals surface area contributed by atoms with Crippen LogP contribution in [0.5, 0.6) is 0 Å². The highest BCUT2D eigenvalue weighted by atomic mass is 16.2. The second-order valence-corrected chi connectivity index (χ2v) is 9.65. The van der Waals surface area contributed by atoms with Crippen LogP contribution in [0.2, 0.25) is 0 Å². The normalized spacial score (nSPS) is 22.3. The summed E-state index contributed by atoms with van der Waals surface area (Å²) >= 11 is 0. The zero-order valence-corrected chi connectivity index (χ0v) is 20.4. The number of nitrogens with two attached hydrogens (primary N) is 1. The molecule has 0 saturated carbocycles. The summed E-state index contributed by atoms with van der Waals surface area (Å²) in [7, 11) is 0. The second kappa shape index (κ2) is 10.1. The third kappa shape index (κ3) is 4.63. The van der Waals surface area contributed by atoms with Crippen molar-refractivity contribution in [1.82, 2.24) is 15.1 Å². The van der Waals surface area contributed by atoms with Gasteiger partial charge >= 0.3 is 6.03 Å². The standard InChI is InChI=1S/C29H34N4O2/c1-2-31-28(34)23-15-18-33(29(30)35)26(19-23)32-16-13-22(14-17-32)27-24-9-5-3-7-20(24)11-12-21-8-4-6-10-25(21)27/h3-12,23,26H,2,13-19H2,1H3,(H2,30,35)(H,31,34). The van der Waals surface area contributed by atoms with Crippen LogP contribution in [0.25, 0.3) is 17.7 Å². The average Bonchev–Trinajstić information content (AvgIpc) is 3.05. The van der Waals surface area contributed by atoms with Crippen molar-refractivity contribution in [2.24, 2.45) is 11.7 Å². The van der Waals surface area contributed by atoms with E-state index in [0.29, 0.717) is 25.9 Å². The fraction of sp³-hybridized carbons (Fsp3) is 0.379. The number of urea groups is 1. The van der Waals surface area contributed by atoms with Crippen LogP contribution in [0.15, 0.2) is 54.1 Å². The molecule has 2 aromatic rings. The van der Waals surface area contributed by atoms with E-state index in [1.807, 2.05) is 6.92 Å². The number of hydrogen-bond acceptors (Lipinski definition) is 3. The maximum absolute atomic E-state index is 12.6. The summed E-state index contributed by atoms with van der Waals surface area (Å²) in [6.45, 7) is 4.77. The number of amides is 3. The van der Waals surface area contributed by atoms with Crippen molar-refractivity contribution in [3.05, 3.63) is 76.4 Å². The van der Waals surface area contributed by atoms with Crippen LogP contribution in [0, 0.1) is 5.92 Å². The molecular formula is C29H34N4O2. The van der Waals surface area contributed by atoms with Gasteiger partial charge in [0, 0.05) is 32.1 Å². The highest BCUT2D eigenvalue weighted by Gasteiger charge is 2.38. The molecule has 2 heterocycles. The first-order valence-corrected chi connectivity index (χ1v) is 12.7. The molecule has 35 heavy (non-hydrogen) atoms. The van der Waals surface area contributed by atoms with Crippen molar-refractivity contribution in [1.29, 1.82) is 0 Å². The molecule has 5 rings (SSSR count). The number of nitrogens with zero attached hydrogens (tertiary/aromatic N) is 2. The van der Waals surface area contributed by atoms with Crippen molar-refractivity contribution in [2.45, 2.75) is 38.8 Å². The van der Waals surface area contributed by atoms with Gasteiger partial charge in [0.15, 0.2) is 0 Å². The molecule has 6 heteroatoms. The first-order valence-electron chi connectivity index (χ1n) is 12.7. The number of nitrogens with one attached hydrogen (secondary N) is 1. The Bertz CT molecular complexity index is 1120. The number of carbonyl (C=O) groups is 2. The van der Waals surface area contributed by atoms with Crippen molar-refractivity contribution in [2.75, 3.05) is 26.2 Å². The van der Waals surface area contributed by atoms with E-state index < -0.39 is 6.03 Å². The van der Waals surface area contributed by atoms with Crippen LogP contribution in [0.1, 0.15) is 54.9 Å². The van der Waals surface area contributed by atoms with E-state index in [0.717, 1.165) is 25.9 Å². The van der Waals surface area contributed by atoms with Gasteiger partial charge in [0.1, 0.15) is 0 Å². The topological polar surface area (TPSA) is 78.7 Å². The predicted molar refractivity (Wildman–Crippen MR) is 140 cm³/mol. The molecule has 2 aromatic carbocycles. The van der Waals surface area contributed by atoms with E-state index in [2.05, 4.69) is 70.9 Å². The van der Waals surface area contributed by atoms with Gasteiger partial charge < -0.3 is 16.0 Å². The number of hydrogen-bond donors (Lipinski definition) is 2. The zero-order chi connectivity index (χ0) is 24.4. The number of rotatable bonds is 3. The van der Waals surface area contributed by atoms with Gasteiger partial charge in [-0.3, -0.25) is 9.69 Å². The van der Waals surface area contributed by atoms with Gasteiger partial charge in [0.2, 0.25) is 5.91 Å². The van der Waals surface area contributed by atoms with E-state index in [1.54, 1.807) is 4.90 Å². The quantitative estimate of drug-likeness (QED) is 0.598. The van der Waals surface area contributed by atoms with E-state index in [1.165, 1.54) is 33.4 Å². The van der Waals surface area contributed by atoms with Crippen LogP contribution in [0.4, 0.5) is 4.79 Å². The summed E-state index contributed by atoms with van der Waals surface area (Å²) in [4.78, 5) is 28.9. The maximum atomic E-state index is 12.6. The minimum Gasteiger partial charge on any atom is -0.356 e. The molecule has 0 spiro atoms. The Labute approximate surface area is 207 Å². The van der Waals surface area contributed by atoms with Crippen molar-refractivity contribution in [3.8, 4) is 0 Å². The monoisotopic (exact) mass is 470 g/mol. The van der Waals surface area contributed by atoms with Crippen LogP contribution < -0.4 is 11.1 Å². The summed E-state index contributed by atoms with van der Waals surface area (Å²) in [5, 5.41) is 2.95. The number of carbonyl (C=O) groups excluding carboxylic acids is 2. The second-order valence-electron chi connectivity index (χ2n) is 9.65. The van der Waals surface area contributed by atoms with Gasteiger partial charge in [-0.1, -0.05) is 66.3 Å². The van der Waals surface area contributed by atoms with Gasteiger partial charge in [-0.05, 0) is 60.4 Å². The van der Waals surface area contributed by atoms with Crippen molar-refractivity contribution < 1.29 is 9.59 Å². The molecule has 0 aromatic heterocycles. The molecule has 2 saturated heterocycles. The molecule has 0 radical (unpaired) electrons. The molecule has 1 aliphatic carbocycles. The number of primary amides is 1. The van der Waals surface area contributed by atoms with Crippen LogP contribution in [-0.2, 0) is 4.79 Å². The fourth-order valence-electron chi connectivity index (χ4n) is 5.89. The van der Waals surface area contributed by atoms with E-state index in [9.17, 15) is 9.59 Å². The van der Waals surface area contributed by atoms with Gasteiger partial charge in [-0.2, -0.15) is 0 Å². The predicted octanol–water partition coefficient (Wildman–Crippen LogP) is 4.32. The fourth-order valence-corrected chi connectivity index (χ4v) is 5.89. The number of piperidine rings is 2. The Hall–Kier alpha value is -3.38. The Morgan fingerprint density at radius 1 is 0.943 bits per heavy atom. The SMILES string of the molecule is CCNC(=O)C1CCN(C(N)=O)C(N2CCC(=C3c4ccccc4C=Cc4ccccc43)CC2)C1. The average molecular weight is 471 g/mol. The molecule has 3 amide bonds. The van der Waals surface area contributed by atoms with Crippen molar-refractivity contribution >= 4 is 29.7 Å². The molecule has 6 nitrogen and oxygen atoms in total. The molecule has 3 N–H and O–H groups in total. The third-order valence-electron chi connectivity index (χ3n) is 7.66. The Morgan fingerprint density at radius 3 is 2.11 bits per heavy atom. The summed E-state index contributed by atoms with van der Waals surface area (Å²) in [5.41, 5.74) is 13.6. The van der Waals surface area contributed by atoms with E-state index in [-0.39, 0.29) is 18.0 Å². The van der Waals surface area contributed by atoms with E-state index in [4.69, 9.17) is 5.73 Å². The lowest BCUT2D eigenvalue weighted by atomic mass is 9.85. The molecule has 2 aliphatic heterocycles. The van der Waals surface area contributed by atoms with Gasteiger partial charge in [-0.25, -0.2) is 4.79 Å². The molecule has 0 bridgehead atoms. The Kier molecular flexibility index (Phi) is 6.73. The smallest absolute Gasteiger partial charge is 0.316 e. The van der Waals surface area contributed by atoms with Gasteiger partial charge in [0.25, 0.3) is 0 Å². The number of fused-ring (bicyclic) bond motifs is 2. The molecule has 3 aliphatic rings. The van der Waals surface area contributed by atoms with Crippen LogP contribution in [0.3, 0.4) is 0 Å². The first-order chi connectivity index (χ1) is 17.1. The van der Waals surface area contributed by atoms with Crippen LogP contribution >= 0.6 is 0 Å².